The predicted molar refractivity (Wildman–Crippen MR) is 86.0 cm³/mol. The molecule has 1 aliphatic heterocycles. The fraction of sp³-hybridized carbons (Fsp3) is 0.467. The van der Waals surface area contributed by atoms with Crippen LogP contribution in [0, 0.1) is 0 Å². The zero-order valence-corrected chi connectivity index (χ0v) is 14.4. The lowest BCUT2D eigenvalue weighted by atomic mass is 10.0. The summed E-state index contributed by atoms with van der Waals surface area (Å²) in [7, 11) is 0. The van der Waals surface area contributed by atoms with Crippen molar-refractivity contribution < 1.29 is 9.59 Å². The molecule has 2 unspecified atom stereocenters. The van der Waals surface area contributed by atoms with Crippen LogP contribution in [0.25, 0.3) is 0 Å². The van der Waals surface area contributed by atoms with Crippen LogP contribution in [0.3, 0.4) is 0 Å². The van der Waals surface area contributed by atoms with Gasteiger partial charge in [-0.3, -0.25) is 9.59 Å². The van der Waals surface area contributed by atoms with Gasteiger partial charge in [-0.25, -0.2) is 0 Å². The van der Waals surface area contributed by atoms with Crippen LogP contribution in [0.4, 0.5) is 0 Å². The van der Waals surface area contributed by atoms with Gasteiger partial charge in [0.1, 0.15) is 12.1 Å². The summed E-state index contributed by atoms with van der Waals surface area (Å²) in [5.74, 6) is -0.149. The summed E-state index contributed by atoms with van der Waals surface area (Å²) in [6.45, 7) is 4.06. The lowest BCUT2D eigenvalue weighted by Gasteiger charge is -2.38. The van der Waals surface area contributed by atoms with Crippen molar-refractivity contribution in [3.8, 4) is 0 Å². The summed E-state index contributed by atoms with van der Waals surface area (Å²) in [6, 6.07) is 4.65. The molecule has 0 radical (unpaired) electrons. The molecule has 2 rings (SSSR count). The van der Waals surface area contributed by atoms with Crippen LogP contribution in [-0.2, 0) is 16.1 Å². The number of rotatable bonds is 4. The number of nitrogens with zero attached hydrogens (tertiary/aromatic N) is 1. The van der Waals surface area contributed by atoms with E-state index in [0.717, 1.165) is 16.5 Å². The number of hydrogen-bond donors (Lipinski definition) is 1. The highest BCUT2D eigenvalue weighted by Crippen LogP contribution is 2.25. The summed E-state index contributed by atoms with van der Waals surface area (Å²) in [5, 5.41) is 3.32. The molecule has 1 aliphatic rings. The Morgan fingerprint density at radius 3 is 2.71 bits per heavy atom. The first-order chi connectivity index (χ1) is 9.93. The molecule has 21 heavy (non-hydrogen) atoms. The molecule has 1 fully saturated rings. The van der Waals surface area contributed by atoms with Gasteiger partial charge in [-0.15, -0.1) is 0 Å². The topological polar surface area (TPSA) is 49.4 Å². The molecule has 1 heterocycles. The van der Waals surface area contributed by atoms with Crippen LogP contribution in [0.1, 0.15) is 32.3 Å². The third-order valence-electron chi connectivity index (χ3n) is 3.61. The van der Waals surface area contributed by atoms with Gasteiger partial charge in [0.25, 0.3) is 0 Å². The number of halogens is 2. The number of benzene rings is 1. The Morgan fingerprint density at radius 1 is 1.38 bits per heavy atom. The molecular weight excluding hydrogens is 356 g/mol. The number of piperazine rings is 1. The first kappa shape index (κ1) is 16.3. The summed E-state index contributed by atoms with van der Waals surface area (Å²) in [4.78, 5) is 26.2. The minimum absolute atomic E-state index is 0.0629. The van der Waals surface area contributed by atoms with E-state index in [-0.39, 0.29) is 11.8 Å². The fourth-order valence-electron chi connectivity index (χ4n) is 2.50. The van der Waals surface area contributed by atoms with Crippen molar-refractivity contribution in [3.05, 3.63) is 33.3 Å². The fourth-order valence-corrected chi connectivity index (χ4v) is 3.23. The molecule has 2 atom stereocenters. The highest BCUT2D eigenvalue weighted by molar-refractivity contribution is 9.10. The van der Waals surface area contributed by atoms with E-state index in [9.17, 15) is 9.59 Å². The van der Waals surface area contributed by atoms with Gasteiger partial charge in [-0.1, -0.05) is 46.9 Å². The molecule has 4 nitrogen and oxygen atoms in total. The zero-order chi connectivity index (χ0) is 15.6. The Labute approximate surface area is 138 Å². The Morgan fingerprint density at radius 2 is 2.10 bits per heavy atom. The van der Waals surface area contributed by atoms with E-state index in [1.807, 2.05) is 19.1 Å². The van der Waals surface area contributed by atoms with Gasteiger partial charge in [-0.05, 0) is 31.0 Å². The predicted octanol–water partition coefficient (Wildman–Crippen LogP) is 3.12. The first-order valence-electron chi connectivity index (χ1n) is 6.98. The van der Waals surface area contributed by atoms with Crippen LogP contribution in [-0.4, -0.2) is 28.8 Å². The Kier molecular flexibility index (Phi) is 5.27. The van der Waals surface area contributed by atoms with E-state index in [4.69, 9.17) is 11.6 Å². The molecule has 0 bridgehead atoms. The van der Waals surface area contributed by atoms with Gasteiger partial charge in [0.15, 0.2) is 0 Å². The minimum Gasteiger partial charge on any atom is -0.343 e. The first-order valence-corrected chi connectivity index (χ1v) is 8.16. The van der Waals surface area contributed by atoms with Gasteiger partial charge in [0, 0.05) is 16.0 Å². The molecule has 2 amide bonds. The summed E-state index contributed by atoms with van der Waals surface area (Å²) < 4.78 is 0.887. The van der Waals surface area contributed by atoms with Crippen LogP contribution in [0.2, 0.25) is 5.02 Å². The molecule has 0 saturated carbocycles. The van der Waals surface area contributed by atoms with Crippen LogP contribution in [0.15, 0.2) is 22.7 Å². The van der Waals surface area contributed by atoms with Gasteiger partial charge >= 0.3 is 0 Å². The van der Waals surface area contributed by atoms with E-state index in [1.165, 1.54) is 0 Å². The van der Waals surface area contributed by atoms with E-state index in [0.29, 0.717) is 18.0 Å². The molecule has 0 spiro atoms. The maximum absolute atomic E-state index is 12.4. The number of nitrogens with one attached hydrogen (secondary N) is 1. The van der Waals surface area contributed by atoms with Crippen molar-refractivity contribution in [2.75, 3.05) is 0 Å². The van der Waals surface area contributed by atoms with Gasteiger partial charge < -0.3 is 10.2 Å². The quantitative estimate of drug-likeness (QED) is 0.881. The van der Waals surface area contributed by atoms with E-state index < -0.39 is 12.1 Å². The second kappa shape index (κ2) is 6.79. The average Bonchev–Trinajstić information content (AvgIpc) is 2.42. The van der Waals surface area contributed by atoms with E-state index in [1.54, 1.807) is 17.9 Å². The zero-order valence-electron chi connectivity index (χ0n) is 12.0. The molecule has 0 aromatic heterocycles. The van der Waals surface area contributed by atoms with Crippen LogP contribution < -0.4 is 5.32 Å². The van der Waals surface area contributed by atoms with Crippen molar-refractivity contribution in [3.63, 3.8) is 0 Å². The smallest absolute Gasteiger partial charge is 0.245 e. The summed E-state index contributed by atoms with van der Waals surface area (Å²) in [5.41, 5.74) is 0.844. The molecule has 6 heteroatoms. The SMILES string of the molecule is CCCC1C(=O)NC(C)C(=O)N1Cc1ccc(Br)cc1Cl. The number of amides is 2. The molecule has 114 valence electrons. The highest BCUT2D eigenvalue weighted by atomic mass is 79.9. The number of hydrogen-bond acceptors (Lipinski definition) is 2. The summed E-state index contributed by atoms with van der Waals surface area (Å²) >= 11 is 9.59. The lowest BCUT2D eigenvalue weighted by molar-refractivity contribution is -0.149. The standard InChI is InChI=1S/C15H18BrClN2O2/c1-3-4-13-14(20)18-9(2)15(21)19(13)8-10-5-6-11(16)7-12(10)17/h5-7,9,13H,3-4,8H2,1-2H3,(H,18,20). The Bertz CT molecular complexity index is 565. The number of carbonyl (C=O) groups excluding carboxylic acids is 2. The molecule has 1 saturated heterocycles. The van der Waals surface area contributed by atoms with Gasteiger partial charge in [-0.2, -0.15) is 0 Å². The summed E-state index contributed by atoms with van der Waals surface area (Å²) in [6.07, 6.45) is 1.49. The van der Waals surface area contributed by atoms with E-state index >= 15 is 0 Å². The van der Waals surface area contributed by atoms with Crippen molar-refractivity contribution in [1.82, 2.24) is 10.2 Å². The average molecular weight is 374 g/mol. The Balaban J connectivity index is 2.27. The molecule has 1 aromatic carbocycles. The number of carbonyl (C=O) groups is 2. The molecule has 1 N–H and O–H groups in total. The minimum atomic E-state index is -0.486. The van der Waals surface area contributed by atoms with E-state index in [2.05, 4.69) is 21.2 Å². The lowest BCUT2D eigenvalue weighted by Crippen LogP contribution is -2.61. The third kappa shape index (κ3) is 3.58. The van der Waals surface area contributed by atoms with Crippen LogP contribution in [0.5, 0.6) is 0 Å². The van der Waals surface area contributed by atoms with Crippen molar-refractivity contribution in [2.45, 2.75) is 45.3 Å². The monoisotopic (exact) mass is 372 g/mol. The molecule has 0 aliphatic carbocycles. The third-order valence-corrected chi connectivity index (χ3v) is 4.45. The normalized spacial score (nSPS) is 22.4. The van der Waals surface area contributed by atoms with Crippen LogP contribution >= 0.6 is 27.5 Å². The second-order valence-corrected chi connectivity index (χ2v) is 6.56. The van der Waals surface area contributed by atoms with Gasteiger partial charge in [0.2, 0.25) is 11.8 Å². The second-order valence-electron chi connectivity index (χ2n) is 5.24. The molecule has 1 aromatic rings. The van der Waals surface area contributed by atoms with Crippen molar-refractivity contribution in [1.29, 1.82) is 0 Å². The highest BCUT2D eigenvalue weighted by Gasteiger charge is 2.37. The maximum Gasteiger partial charge on any atom is 0.245 e. The van der Waals surface area contributed by atoms with Gasteiger partial charge in [0.05, 0.1) is 0 Å². The molecular formula is C15H18BrClN2O2. The van der Waals surface area contributed by atoms with Crippen molar-refractivity contribution >= 4 is 39.3 Å². The van der Waals surface area contributed by atoms with Crippen molar-refractivity contribution in [2.24, 2.45) is 0 Å². The Hall–Kier alpha value is -1.07. The maximum atomic E-state index is 12.4. The largest absolute Gasteiger partial charge is 0.343 e.